The summed E-state index contributed by atoms with van der Waals surface area (Å²) in [6.45, 7) is 18.7. The zero-order chi connectivity index (χ0) is 49.5. The largest absolute Gasteiger partial charge is 0.507 e. The number of phenols is 1. The van der Waals surface area contributed by atoms with E-state index in [0.29, 0.717) is 55.9 Å². The van der Waals surface area contributed by atoms with Gasteiger partial charge in [-0.2, -0.15) is 0 Å². The Bertz CT molecular complexity index is 3200. The fourth-order valence-corrected chi connectivity index (χ4v) is 8.49. The number of aryl methyl sites for hydroxylation is 3. The maximum Gasteiger partial charge on any atom is 0.148 e. The zero-order valence-corrected chi connectivity index (χ0v) is 40.4. The van der Waals surface area contributed by atoms with Crippen LogP contribution in [0.25, 0.3) is 72.7 Å². The second-order valence-electron chi connectivity index (χ2n) is 18.3. The molecule has 0 saturated heterocycles. The molecule has 0 aliphatic carbocycles. The number of aromatic hydroxyl groups is 1. The summed E-state index contributed by atoms with van der Waals surface area (Å²) >= 11 is 0. The van der Waals surface area contributed by atoms with E-state index >= 15 is 0 Å². The Hall–Kier alpha value is -5.57. The van der Waals surface area contributed by atoms with Gasteiger partial charge in [0.2, 0.25) is 0 Å². The van der Waals surface area contributed by atoms with Crippen LogP contribution in [0.15, 0.2) is 121 Å². The summed E-state index contributed by atoms with van der Waals surface area (Å²) in [7, 11) is 0. The minimum Gasteiger partial charge on any atom is -0.507 e. The predicted molar refractivity (Wildman–Crippen MR) is 262 cm³/mol. The first kappa shape index (κ1) is 37.9. The van der Waals surface area contributed by atoms with Crippen molar-refractivity contribution < 1.29 is 34.4 Å². The van der Waals surface area contributed by atoms with E-state index in [2.05, 4.69) is 45.0 Å². The van der Waals surface area contributed by atoms with Crippen LogP contribution in [0.4, 0.5) is 0 Å². The third kappa shape index (κ3) is 8.85. The smallest absolute Gasteiger partial charge is 0.148 e. The quantitative estimate of drug-likeness (QED) is 0.147. The third-order valence-corrected chi connectivity index (χ3v) is 11.9. The van der Waals surface area contributed by atoms with Crippen molar-refractivity contribution in [3.8, 4) is 67.5 Å². The SMILES string of the molecule is [2H]C([2H])([2H])c1cc(-c2c(C([2H])(C)C)cccc2C([2H])(C)C)ccc1-n1c(-c2cc(C)cc(C)c2O)nc2c(-c3[c-]c(-c4cc(-c5ccc(C([2H])(C)C)cc5)ccn4)cc(C(C)(C)C)c3)cccc21.[Pt]. The van der Waals surface area contributed by atoms with Crippen molar-refractivity contribution in [2.24, 2.45) is 0 Å². The summed E-state index contributed by atoms with van der Waals surface area (Å²) < 4.78 is 55.7. The van der Waals surface area contributed by atoms with Crippen LogP contribution in [-0.4, -0.2) is 19.6 Å². The number of nitrogens with zero attached hydrogens (tertiary/aromatic N) is 3. The van der Waals surface area contributed by atoms with Crippen molar-refractivity contribution >= 4 is 11.0 Å². The van der Waals surface area contributed by atoms with Crippen molar-refractivity contribution in [1.29, 1.82) is 0 Å². The molecule has 2 heterocycles. The number of aromatic nitrogens is 3. The number of hydrogen-bond acceptors (Lipinski definition) is 3. The Balaban J connectivity index is 0.00000703. The minimum atomic E-state index is -2.62. The standard InChI is InChI=1S/C58H60N3O.Pt/c1-34(2)40-19-21-41(22-20-40)42-25-26-59-51(33-42)45-30-44(31-46(32-45)58(10,11)12)49-17-14-18-53-55(49)60-57(50-28-37(7)27-39(9)56(50)62)61(53)52-24-23-43(29-38(52)8)54-47(35(3)4)15-13-16-48(54)36(5)6;/h13-29,31-36,62H,1-12H3;/q-1;/i8D3,34D,35D,36D;. The molecule has 4 nitrogen and oxygen atoms in total. The van der Waals surface area contributed by atoms with Gasteiger partial charge < -0.3 is 5.11 Å². The molecule has 0 spiro atoms. The summed E-state index contributed by atoms with van der Waals surface area (Å²) in [5.74, 6) is -2.39. The summed E-state index contributed by atoms with van der Waals surface area (Å²) in [4.78, 5) is 10.2. The number of benzene rings is 6. The van der Waals surface area contributed by atoms with Crippen molar-refractivity contribution in [2.75, 3.05) is 0 Å². The normalized spacial score (nSPS) is 14.0. The van der Waals surface area contributed by atoms with Crippen LogP contribution >= 0.6 is 0 Å². The fraction of sp³-hybridized carbons (Fsp3) is 0.276. The van der Waals surface area contributed by atoms with E-state index in [-0.39, 0.29) is 37.8 Å². The summed E-state index contributed by atoms with van der Waals surface area (Å²) in [5.41, 5.74) is 13.1. The van der Waals surface area contributed by atoms with Gasteiger partial charge in [0.15, 0.2) is 0 Å². The fourth-order valence-electron chi connectivity index (χ4n) is 8.49. The van der Waals surface area contributed by atoms with Crippen molar-refractivity contribution in [1.82, 2.24) is 14.5 Å². The molecule has 0 radical (unpaired) electrons. The number of para-hydroxylation sites is 1. The van der Waals surface area contributed by atoms with Gasteiger partial charge in [0.25, 0.3) is 0 Å². The Labute approximate surface area is 398 Å². The molecule has 0 bridgehead atoms. The molecular weight excluding hydrogens is 950 g/mol. The van der Waals surface area contributed by atoms with E-state index in [1.807, 2.05) is 123 Å². The average Bonchev–Trinajstić information content (AvgIpc) is 3.65. The second-order valence-corrected chi connectivity index (χ2v) is 18.3. The van der Waals surface area contributed by atoms with Gasteiger partial charge in [-0.3, -0.25) is 9.55 Å². The number of hydrogen-bond donors (Lipinski definition) is 1. The molecule has 63 heavy (non-hydrogen) atoms. The van der Waals surface area contributed by atoms with E-state index in [0.717, 1.165) is 50.2 Å². The van der Waals surface area contributed by atoms with Gasteiger partial charge in [-0.05, 0) is 130 Å². The first-order valence-electron chi connectivity index (χ1n) is 24.4. The Kier molecular flexibility index (Phi) is 10.8. The van der Waals surface area contributed by atoms with Crippen LogP contribution in [0.5, 0.6) is 5.75 Å². The van der Waals surface area contributed by atoms with Gasteiger partial charge in [-0.1, -0.05) is 146 Å². The van der Waals surface area contributed by atoms with Crippen LogP contribution < -0.4 is 0 Å². The number of pyridine rings is 1. The molecule has 0 amide bonds. The van der Waals surface area contributed by atoms with Crippen LogP contribution in [-0.2, 0) is 26.5 Å². The van der Waals surface area contributed by atoms with E-state index in [1.54, 1.807) is 39.8 Å². The van der Waals surface area contributed by atoms with Gasteiger partial charge in [-0.25, -0.2) is 4.98 Å². The molecule has 2 aromatic heterocycles. The van der Waals surface area contributed by atoms with Crippen LogP contribution in [0, 0.1) is 26.8 Å². The maximum absolute atomic E-state index is 11.8. The number of fused-ring (bicyclic) bond motifs is 1. The monoisotopic (exact) mass is 1020 g/mol. The van der Waals surface area contributed by atoms with E-state index in [1.165, 1.54) is 0 Å². The summed E-state index contributed by atoms with van der Waals surface area (Å²) in [6, 6.07) is 40.8. The maximum atomic E-state index is 11.8. The van der Waals surface area contributed by atoms with E-state index in [4.69, 9.17) is 18.2 Å². The molecule has 0 unspecified atom stereocenters. The molecule has 6 aromatic carbocycles. The minimum absolute atomic E-state index is 0. The van der Waals surface area contributed by atoms with Gasteiger partial charge >= 0.3 is 0 Å². The molecule has 1 N–H and O–H groups in total. The molecule has 8 aromatic rings. The van der Waals surface area contributed by atoms with Crippen molar-refractivity contribution in [2.45, 2.75) is 106 Å². The van der Waals surface area contributed by atoms with Gasteiger partial charge in [0.1, 0.15) is 11.6 Å². The molecule has 0 aliphatic rings. The predicted octanol–water partition coefficient (Wildman–Crippen LogP) is 15.9. The zero-order valence-electron chi connectivity index (χ0n) is 44.2. The molecule has 8 rings (SSSR count). The molecule has 0 fully saturated rings. The summed E-state index contributed by atoms with van der Waals surface area (Å²) in [6.07, 6.45) is 1.81. The Morgan fingerprint density at radius 2 is 1.35 bits per heavy atom. The number of phenolic OH excluding ortho intramolecular Hbond substituents is 1. The van der Waals surface area contributed by atoms with Gasteiger partial charge in [0, 0.05) is 41.2 Å². The van der Waals surface area contributed by atoms with Crippen molar-refractivity contribution in [3.05, 3.63) is 166 Å². The summed E-state index contributed by atoms with van der Waals surface area (Å²) in [5, 5.41) is 11.8. The van der Waals surface area contributed by atoms with Crippen LogP contribution in [0.3, 0.4) is 0 Å². The number of imidazole rings is 1. The molecular formula is C58H60N3OPt-. The molecule has 324 valence electrons. The van der Waals surface area contributed by atoms with Crippen LogP contribution in [0.1, 0.15) is 127 Å². The Morgan fingerprint density at radius 1 is 0.683 bits per heavy atom. The first-order chi connectivity index (χ1) is 31.6. The van der Waals surface area contributed by atoms with Gasteiger partial charge in [-0.15, -0.1) is 29.3 Å². The number of rotatable bonds is 9. The molecule has 0 atom stereocenters. The van der Waals surface area contributed by atoms with E-state index < -0.39 is 24.5 Å². The molecule has 5 heteroatoms. The third-order valence-electron chi connectivity index (χ3n) is 11.9. The van der Waals surface area contributed by atoms with Crippen molar-refractivity contribution in [3.63, 3.8) is 0 Å². The molecule has 0 saturated carbocycles. The van der Waals surface area contributed by atoms with Crippen LogP contribution in [0.2, 0.25) is 0 Å². The first-order valence-corrected chi connectivity index (χ1v) is 21.4. The average molecular weight is 1020 g/mol. The van der Waals surface area contributed by atoms with E-state index in [9.17, 15) is 5.11 Å². The second kappa shape index (κ2) is 17.9. The van der Waals surface area contributed by atoms with Gasteiger partial charge in [0.05, 0.1) is 22.3 Å². The topological polar surface area (TPSA) is 50.9 Å². The Morgan fingerprint density at radius 3 is 2.00 bits per heavy atom. The molecule has 0 aliphatic heterocycles.